The van der Waals surface area contributed by atoms with Gasteiger partial charge in [-0.3, -0.25) is 9.69 Å². The molecular formula is C15H20N4OS. The third-order valence-corrected chi connectivity index (χ3v) is 4.74. The van der Waals surface area contributed by atoms with Gasteiger partial charge in [-0.05, 0) is 11.4 Å². The maximum Gasteiger partial charge on any atom is 0.227 e. The maximum absolute atomic E-state index is 12.2. The molecule has 1 saturated heterocycles. The topological polar surface area (TPSA) is 41.4 Å². The van der Waals surface area contributed by atoms with Crippen LogP contribution in [0.1, 0.15) is 4.88 Å². The fourth-order valence-corrected chi connectivity index (χ4v) is 3.27. The normalized spacial score (nSPS) is 16.3. The predicted molar refractivity (Wildman–Crippen MR) is 83.3 cm³/mol. The van der Waals surface area contributed by atoms with E-state index in [0.717, 1.165) is 44.1 Å². The van der Waals surface area contributed by atoms with Gasteiger partial charge in [-0.15, -0.1) is 11.3 Å². The molecule has 0 bridgehead atoms. The number of carbonyl (C=O) groups excluding carboxylic acids is 1. The number of thiophene rings is 1. The highest BCUT2D eigenvalue weighted by atomic mass is 32.1. The van der Waals surface area contributed by atoms with Gasteiger partial charge in [0.1, 0.15) is 0 Å². The molecule has 0 atom stereocenters. The molecule has 0 spiro atoms. The summed E-state index contributed by atoms with van der Waals surface area (Å²) in [7, 11) is 0. The molecule has 0 radical (unpaired) electrons. The summed E-state index contributed by atoms with van der Waals surface area (Å²) in [5, 5.41) is 2.02. The average Bonchev–Trinajstić information content (AvgIpc) is 3.19. The van der Waals surface area contributed by atoms with E-state index < -0.39 is 0 Å². The summed E-state index contributed by atoms with van der Waals surface area (Å²) in [5.41, 5.74) is 0. The molecule has 112 valence electrons. The third-order valence-electron chi connectivity index (χ3n) is 3.86. The first-order valence-corrected chi connectivity index (χ1v) is 8.17. The van der Waals surface area contributed by atoms with Crippen molar-refractivity contribution in [2.24, 2.45) is 0 Å². The van der Waals surface area contributed by atoms with Crippen molar-refractivity contribution in [2.45, 2.75) is 13.0 Å². The van der Waals surface area contributed by atoms with Crippen molar-refractivity contribution in [1.29, 1.82) is 0 Å². The molecular weight excluding hydrogens is 284 g/mol. The Hall–Kier alpha value is -1.66. The number of carbonyl (C=O) groups is 1. The van der Waals surface area contributed by atoms with Crippen LogP contribution >= 0.6 is 11.3 Å². The Balaban J connectivity index is 1.41. The second-order valence-corrected chi connectivity index (χ2v) is 6.31. The first-order valence-electron chi connectivity index (χ1n) is 7.29. The van der Waals surface area contributed by atoms with E-state index in [4.69, 9.17) is 0 Å². The van der Waals surface area contributed by atoms with Crippen molar-refractivity contribution in [3.05, 3.63) is 41.1 Å². The van der Waals surface area contributed by atoms with Gasteiger partial charge in [-0.1, -0.05) is 6.07 Å². The summed E-state index contributed by atoms with van der Waals surface area (Å²) in [6.07, 6.45) is 6.19. The number of hydrogen-bond acceptors (Lipinski definition) is 4. The molecule has 0 saturated carbocycles. The number of aromatic nitrogens is 2. The maximum atomic E-state index is 12.2. The molecule has 0 aliphatic carbocycles. The van der Waals surface area contributed by atoms with Crippen molar-refractivity contribution in [3.8, 4) is 0 Å². The Labute approximate surface area is 128 Å². The van der Waals surface area contributed by atoms with Crippen LogP contribution in [0.5, 0.6) is 0 Å². The van der Waals surface area contributed by atoms with E-state index >= 15 is 0 Å². The van der Waals surface area contributed by atoms with Crippen LogP contribution in [0.15, 0.2) is 36.2 Å². The lowest BCUT2D eigenvalue weighted by Gasteiger charge is -2.34. The molecule has 6 heteroatoms. The van der Waals surface area contributed by atoms with Crippen LogP contribution in [-0.4, -0.2) is 58.0 Å². The lowest BCUT2D eigenvalue weighted by Crippen LogP contribution is -2.49. The van der Waals surface area contributed by atoms with E-state index in [1.807, 2.05) is 34.9 Å². The van der Waals surface area contributed by atoms with Gasteiger partial charge in [-0.25, -0.2) is 4.98 Å². The molecule has 2 aromatic rings. The lowest BCUT2D eigenvalue weighted by molar-refractivity contribution is -0.132. The zero-order chi connectivity index (χ0) is 14.5. The molecule has 3 rings (SSSR count). The van der Waals surface area contributed by atoms with E-state index in [1.165, 1.54) is 0 Å². The number of imidazole rings is 1. The average molecular weight is 304 g/mol. The van der Waals surface area contributed by atoms with Gasteiger partial charge in [0.05, 0.1) is 12.7 Å². The third kappa shape index (κ3) is 3.92. The fraction of sp³-hybridized carbons (Fsp3) is 0.467. The minimum absolute atomic E-state index is 0.256. The van der Waals surface area contributed by atoms with Crippen molar-refractivity contribution >= 4 is 17.2 Å². The molecule has 1 fully saturated rings. The van der Waals surface area contributed by atoms with Crippen molar-refractivity contribution in [1.82, 2.24) is 19.4 Å². The zero-order valence-corrected chi connectivity index (χ0v) is 12.8. The number of amides is 1. The summed E-state index contributed by atoms with van der Waals surface area (Å²) in [6.45, 7) is 5.59. The lowest BCUT2D eigenvalue weighted by atomic mass is 10.2. The molecule has 1 aliphatic rings. The molecule has 0 aromatic carbocycles. The molecule has 1 aliphatic heterocycles. The van der Waals surface area contributed by atoms with E-state index in [2.05, 4.69) is 14.5 Å². The molecule has 0 N–H and O–H groups in total. The second-order valence-electron chi connectivity index (χ2n) is 5.28. The Kier molecular flexibility index (Phi) is 4.67. The van der Waals surface area contributed by atoms with Gasteiger partial charge in [0.15, 0.2) is 0 Å². The van der Waals surface area contributed by atoms with E-state index in [-0.39, 0.29) is 5.91 Å². The molecule has 5 nitrogen and oxygen atoms in total. The Morgan fingerprint density at radius 2 is 2.10 bits per heavy atom. The number of hydrogen-bond donors (Lipinski definition) is 0. The molecule has 0 unspecified atom stereocenters. The van der Waals surface area contributed by atoms with E-state index in [1.54, 1.807) is 17.5 Å². The summed E-state index contributed by atoms with van der Waals surface area (Å²) in [6, 6.07) is 4.03. The van der Waals surface area contributed by atoms with Gasteiger partial charge < -0.3 is 9.47 Å². The second kappa shape index (κ2) is 6.87. The van der Waals surface area contributed by atoms with Gasteiger partial charge in [0.25, 0.3) is 0 Å². The molecule has 3 heterocycles. The van der Waals surface area contributed by atoms with Gasteiger partial charge in [0, 0.05) is 56.5 Å². The molecule has 1 amide bonds. The fourth-order valence-electron chi connectivity index (χ4n) is 2.57. The highest BCUT2D eigenvalue weighted by Gasteiger charge is 2.21. The van der Waals surface area contributed by atoms with E-state index in [0.29, 0.717) is 6.42 Å². The number of nitrogens with zero attached hydrogens (tertiary/aromatic N) is 4. The van der Waals surface area contributed by atoms with Crippen LogP contribution < -0.4 is 0 Å². The quantitative estimate of drug-likeness (QED) is 0.837. The van der Waals surface area contributed by atoms with Gasteiger partial charge >= 0.3 is 0 Å². The minimum Gasteiger partial charge on any atom is -0.340 e. The summed E-state index contributed by atoms with van der Waals surface area (Å²) >= 11 is 1.66. The summed E-state index contributed by atoms with van der Waals surface area (Å²) in [5.74, 6) is 0.256. The summed E-state index contributed by atoms with van der Waals surface area (Å²) < 4.78 is 2.09. The minimum atomic E-state index is 0.256. The van der Waals surface area contributed by atoms with Crippen LogP contribution in [-0.2, 0) is 17.8 Å². The van der Waals surface area contributed by atoms with Gasteiger partial charge in [0.2, 0.25) is 5.91 Å². The highest BCUT2D eigenvalue weighted by molar-refractivity contribution is 7.10. The monoisotopic (exact) mass is 304 g/mol. The smallest absolute Gasteiger partial charge is 0.227 e. The molecule has 2 aromatic heterocycles. The van der Waals surface area contributed by atoms with Crippen molar-refractivity contribution in [2.75, 3.05) is 32.7 Å². The zero-order valence-electron chi connectivity index (χ0n) is 12.0. The Morgan fingerprint density at radius 1 is 1.24 bits per heavy atom. The Bertz CT molecular complexity index is 544. The van der Waals surface area contributed by atoms with Gasteiger partial charge in [-0.2, -0.15) is 0 Å². The van der Waals surface area contributed by atoms with Crippen LogP contribution in [0.4, 0.5) is 0 Å². The first-order chi connectivity index (χ1) is 10.3. The summed E-state index contributed by atoms with van der Waals surface area (Å²) in [4.78, 5) is 21.8. The van der Waals surface area contributed by atoms with Crippen LogP contribution in [0.2, 0.25) is 0 Å². The predicted octanol–water partition coefficient (Wildman–Crippen LogP) is 1.33. The molecule has 21 heavy (non-hydrogen) atoms. The van der Waals surface area contributed by atoms with Crippen LogP contribution in [0.3, 0.4) is 0 Å². The van der Waals surface area contributed by atoms with E-state index in [9.17, 15) is 4.79 Å². The van der Waals surface area contributed by atoms with Crippen LogP contribution in [0.25, 0.3) is 0 Å². The van der Waals surface area contributed by atoms with Crippen LogP contribution in [0, 0.1) is 0 Å². The van der Waals surface area contributed by atoms with Crippen molar-refractivity contribution < 1.29 is 4.79 Å². The largest absolute Gasteiger partial charge is 0.340 e. The Morgan fingerprint density at radius 3 is 2.76 bits per heavy atom. The highest BCUT2D eigenvalue weighted by Crippen LogP contribution is 2.12. The standard InChI is InChI=1S/C15H20N4OS/c20-15(12-14-2-1-11-21-14)19-9-7-17(8-10-19)5-6-18-4-3-16-13-18/h1-4,11,13H,5-10,12H2. The first kappa shape index (κ1) is 14.3. The van der Waals surface area contributed by atoms with Crippen molar-refractivity contribution in [3.63, 3.8) is 0 Å². The number of piperazine rings is 1. The SMILES string of the molecule is O=C(Cc1cccs1)N1CCN(CCn2ccnc2)CC1. The number of rotatable bonds is 5.